The molecule has 9 heteroatoms. The van der Waals surface area contributed by atoms with Crippen LogP contribution < -0.4 is 10.1 Å². The maximum Gasteiger partial charge on any atom is 0.346 e. The average molecular weight is 373 g/mol. The van der Waals surface area contributed by atoms with Gasteiger partial charge >= 0.3 is 5.97 Å². The van der Waals surface area contributed by atoms with E-state index in [1.807, 2.05) is 0 Å². The summed E-state index contributed by atoms with van der Waals surface area (Å²) in [5, 5.41) is 10.9. The predicted octanol–water partition coefficient (Wildman–Crippen LogP) is 1.13. The standard InChI is InChI=1S/C16H20FNO6S/c17-11-5-7-12(8-6-11)24-14(16(20)21)9-18-15(19)10-25(22,23)13-3-1-2-4-13/h5-8,13-14H,1-4,9-10H2,(H,18,19)(H,20,21). The van der Waals surface area contributed by atoms with Crippen LogP contribution in [0, 0.1) is 5.82 Å². The van der Waals surface area contributed by atoms with Gasteiger partial charge in [0, 0.05) is 0 Å². The highest BCUT2D eigenvalue weighted by atomic mass is 32.2. The molecule has 138 valence electrons. The number of hydrogen-bond acceptors (Lipinski definition) is 5. The number of carboxylic acid groups (broad SMARTS) is 1. The molecule has 1 atom stereocenters. The average Bonchev–Trinajstić information content (AvgIpc) is 3.08. The molecule has 7 nitrogen and oxygen atoms in total. The van der Waals surface area contributed by atoms with Crippen LogP contribution in [0.4, 0.5) is 4.39 Å². The van der Waals surface area contributed by atoms with Gasteiger partial charge in [-0.05, 0) is 37.1 Å². The number of hydrogen-bond donors (Lipinski definition) is 2. The Morgan fingerprint density at radius 3 is 2.40 bits per heavy atom. The fourth-order valence-electron chi connectivity index (χ4n) is 2.66. The van der Waals surface area contributed by atoms with Gasteiger partial charge in [-0.25, -0.2) is 17.6 Å². The Balaban J connectivity index is 1.88. The van der Waals surface area contributed by atoms with Crippen molar-refractivity contribution >= 4 is 21.7 Å². The van der Waals surface area contributed by atoms with Crippen LogP contribution in [0.15, 0.2) is 24.3 Å². The van der Waals surface area contributed by atoms with Crippen LogP contribution in [0.2, 0.25) is 0 Å². The Morgan fingerprint density at radius 1 is 1.24 bits per heavy atom. The number of sulfone groups is 1. The summed E-state index contributed by atoms with van der Waals surface area (Å²) in [4.78, 5) is 23.1. The van der Waals surface area contributed by atoms with Gasteiger partial charge < -0.3 is 15.2 Å². The number of ether oxygens (including phenoxy) is 1. The molecule has 1 saturated carbocycles. The lowest BCUT2D eigenvalue weighted by atomic mass is 10.3. The normalized spacial score (nSPS) is 16.4. The molecule has 0 aliphatic heterocycles. The molecule has 0 saturated heterocycles. The smallest absolute Gasteiger partial charge is 0.346 e. The van der Waals surface area contributed by atoms with Crippen molar-refractivity contribution in [2.24, 2.45) is 0 Å². The number of carbonyl (C=O) groups excluding carboxylic acids is 1. The van der Waals surface area contributed by atoms with Gasteiger partial charge in [-0.2, -0.15) is 0 Å². The lowest BCUT2D eigenvalue weighted by Gasteiger charge is -2.16. The summed E-state index contributed by atoms with van der Waals surface area (Å²) in [6, 6.07) is 4.75. The van der Waals surface area contributed by atoms with Crippen molar-refractivity contribution in [3.05, 3.63) is 30.1 Å². The molecule has 1 amide bonds. The first-order valence-electron chi connectivity index (χ1n) is 7.91. The molecule has 1 aromatic rings. The van der Waals surface area contributed by atoms with Crippen molar-refractivity contribution in [1.82, 2.24) is 5.32 Å². The van der Waals surface area contributed by atoms with Crippen molar-refractivity contribution in [1.29, 1.82) is 0 Å². The SMILES string of the molecule is O=C(CS(=O)(=O)C1CCCC1)NCC(Oc1ccc(F)cc1)C(=O)O. The van der Waals surface area contributed by atoms with Crippen molar-refractivity contribution in [3.63, 3.8) is 0 Å². The van der Waals surface area contributed by atoms with Crippen LogP contribution in [0.3, 0.4) is 0 Å². The molecule has 0 radical (unpaired) electrons. The van der Waals surface area contributed by atoms with E-state index >= 15 is 0 Å². The summed E-state index contributed by atoms with van der Waals surface area (Å²) < 4.78 is 42.2. The van der Waals surface area contributed by atoms with E-state index in [2.05, 4.69) is 5.32 Å². The second-order valence-corrected chi connectivity index (χ2v) is 8.20. The zero-order valence-corrected chi connectivity index (χ0v) is 14.3. The van der Waals surface area contributed by atoms with E-state index < -0.39 is 51.2 Å². The predicted molar refractivity (Wildman–Crippen MR) is 87.5 cm³/mol. The highest BCUT2D eigenvalue weighted by Gasteiger charge is 2.31. The van der Waals surface area contributed by atoms with Gasteiger partial charge in [0.1, 0.15) is 17.3 Å². The molecule has 1 fully saturated rings. The van der Waals surface area contributed by atoms with E-state index in [1.165, 1.54) is 12.1 Å². The zero-order chi connectivity index (χ0) is 18.4. The second kappa shape index (κ2) is 8.28. The van der Waals surface area contributed by atoms with Gasteiger partial charge in [-0.3, -0.25) is 4.79 Å². The first kappa shape index (κ1) is 19.2. The Hall–Kier alpha value is -2.16. The van der Waals surface area contributed by atoms with Crippen LogP contribution >= 0.6 is 0 Å². The summed E-state index contributed by atoms with van der Waals surface area (Å²) in [7, 11) is -3.53. The molecule has 0 spiro atoms. The quantitative estimate of drug-likeness (QED) is 0.707. The van der Waals surface area contributed by atoms with Crippen molar-refractivity contribution in [2.75, 3.05) is 12.3 Å². The molecule has 2 N–H and O–H groups in total. The minimum absolute atomic E-state index is 0.127. The lowest BCUT2D eigenvalue weighted by Crippen LogP contribution is -2.43. The van der Waals surface area contributed by atoms with E-state index in [0.29, 0.717) is 12.8 Å². The summed E-state index contributed by atoms with van der Waals surface area (Å²) in [6.45, 7) is -0.397. The number of rotatable bonds is 8. The highest BCUT2D eigenvalue weighted by Crippen LogP contribution is 2.25. The molecule has 1 unspecified atom stereocenters. The number of benzene rings is 1. The molecule has 2 rings (SSSR count). The summed E-state index contributed by atoms with van der Waals surface area (Å²) in [5.74, 6) is -3.13. The van der Waals surface area contributed by atoms with Gasteiger partial charge in [0.25, 0.3) is 0 Å². The number of carboxylic acids is 1. The number of amides is 1. The third-order valence-electron chi connectivity index (χ3n) is 3.99. The fraction of sp³-hybridized carbons (Fsp3) is 0.500. The minimum atomic E-state index is -3.53. The lowest BCUT2D eigenvalue weighted by molar-refractivity contribution is -0.145. The molecule has 0 bridgehead atoms. The fourth-order valence-corrected chi connectivity index (χ4v) is 4.42. The van der Waals surface area contributed by atoms with Gasteiger partial charge in [-0.15, -0.1) is 0 Å². The van der Waals surface area contributed by atoms with Crippen molar-refractivity contribution in [3.8, 4) is 5.75 Å². The summed E-state index contributed by atoms with van der Waals surface area (Å²) in [5.41, 5.74) is 0. The molecule has 1 aliphatic rings. The van der Waals surface area contributed by atoms with Crippen molar-refractivity contribution < 1.29 is 32.2 Å². The molecule has 25 heavy (non-hydrogen) atoms. The number of aliphatic carboxylic acids is 1. The Labute approximate surface area is 145 Å². The summed E-state index contributed by atoms with van der Waals surface area (Å²) in [6.07, 6.45) is 1.36. The Bertz CT molecular complexity index is 713. The van der Waals surface area contributed by atoms with Crippen LogP contribution in [-0.2, 0) is 19.4 Å². The molecular formula is C16H20FNO6S. The second-order valence-electron chi connectivity index (χ2n) is 5.92. The van der Waals surface area contributed by atoms with Crippen LogP contribution in [0.25, 0.3) is 0 Å². The highest BCUT2D eigenvalue weighted by molar-refractivity contribution is 7.92. The molecule has 0 aromatic heterocycles. The van der Waals surface area contributed by atoms with Gasteiger partial charge in [0.2, 0.25) is 12.0 Å². The first-order chi connectivity index (χ1) is 11.8. The molecular weight excluding hydrogens is 353 g/mol. The molecule has 1 aromatic carbocycles. The zero-order valence-electron chi connectivity index (χ0n) is 13.5. The maximum atomic E-state index is 12.8. The van der Waals surface area contributed by atoms with Crippen LogP contribution in [-0.4, -0.2) is 49.1 Å². The molecule has 0 heterocycles. The van der Waals surface area contributed by atoms with E-state index in [9.17, 15) is 22.4 Å². The number of halogens is 1. The minimum Gasteiger partial charge on any atom is -0.478 e. The Kier molecular flexibility index (Phi) is 6.35. The topological polar surface area (TPSA) is 110 Å². The van der Waals surface area contributed by atoms with E-state index in [-0.39, 0.29) is 5.75 Å². The third-order valence-corrected chi connectivity index (χ3v) is 6.15. The number of nitrogens with one attached hydrogen (secondary N) is 1. The van der Waals surface area contributed by atoms with E-state index in [0.717, 1.165) is 25.0 Å². The van der Waals surface area contributed by atoms with E-state index in [1.54, 1.807) is 0 Å². The van der Waals surface area contributed by atoms with E-state index in [4.69, 9.17) is 9.84 Å². The van der Waals surface area contributed by atoms with Crippen LogP contribution in [0.1, 0.15) is 25.7 Å². The third kappa shape index (κ3) is 5.70. The van der Waals surface area contributed by atoms with Gasteiger partial charge in [0.15, 0.2) is 9.84 Å². The van der Waals surface area contributed by atoms with Gasteiger partial charge in [-0.1, -0.05) is 12.8 Å². The van der Waals surface area contributed by atoms with Crippen molar-refractivity contribution in [2.45, 2.75) is 37.0 Å². The molecule has 1 aliphatic carbocycles. The van der Waals surface area contributed by atoms with Gasteiger partial charge in [0.05, 0.1) is 11.8 Å². The monoisotopic (exact) mass is 373 g/mol. The van der Waals surface area contributed by atoms with Crippen LogP contribution in [0.5, 0.6) is 5.75 Å². The first-order valence-corrected chi connectivity index (χ1v) is 9.63. The maximum absolute atomic E-state index is 12.8. The largest absolute Gasteiger partial charge is 0.478 e. The summed E-state index contributed by atoms with van der Waals surface area (Å²) >= 11 is 0. The number of carbonyl (C=O) groups is 2. The Morgan fingerprint density at radius 2 is 1.84 bits per heavy atom.